The molecule has 10 heteroatoms. The molecule has 6 aromatic carbocycles. The molecule has 0 bridgehead atoms. The van der Waals surface area contributed by atoms with E-state index in [2.05, 4.69) is 20.6 Å². The summed E-state index contributed by atoms with van der Waals surface area (Å²) < 4.78 is 21.2. The number of benzene rings is 6. The summed E-state index contributed by atoms with van der Waals surface area (Å²) in [5, 5.41) is 8.48. The molecule has 0 saturated carbocycles. The summed E-state index contributed by atoms with van der Waals surface area (Å²) in [6.45, 7) is 0. The molecule has 8 rings (SSSR count). The normalized spacial score (nSPS) is 11.8. The number of anilines is 2. The number of Topliss-reactive ketones (excluding diaryl/α,β-unsaturated/α-hetero) is 2. The van der Waals surface area contributed by atoms with Crippen molar-refractivity contribution in [2.45, 2.75) is 12.1 Å². The molecule has 0 radical (unpaired) electrons. The smallest absolute Gasteiger partial charge is 0.191 e. The second-order valence-electron chi connectivity index (χ2n) is 13.4. The Morgan fingerprint density at radius 1 is 0.448 bits per heavy atom. The molecule has 58 heavy (non-hydrogen) atoms. The SMILES string of the molecule is COc1cccc(NC(C(=O)c2c[nH]c3cc(OC)ccc23)c2ccccc2)c1.COc1cccc(NC(C(=O)c2c[nH]c3cc(OC)ccc23)c2ccccc2)c1. The summed E-state index contributed by atoms with van der Waals surface area (Å²) in [6, 6.07) is 44.8. The Morgan fingerprint density at radius 2 is 0.828 bits per heavy atom. The Balaban J connectivity index is 0.000000177. The fraction of sp³-hybridized carbons (Fsp3) is 0.125. The van der Waals surface area contributed by atoms with Crippen molar-refractivity contribution in [1.82, 2.24) is 9.97 Å². The van der Waals surface area contributed by atoms with Gasteiger partial charge in [0, 0.05) is 81.0 Å². The zero-order valence-corrected chi connectivity index (χ0v) is 32.6. The standard InChI is InChI=1S/2C24H22N2O3/c2*1-28-18-10-6-9-17(13-18)26-23(16-7-4-3-5-8-16)24(27)21-15-25-22-14-19(29-2)11-12-20(21)22/h2*3-15,23,25-26H,1-2H3. The van der Waals surface area contributed by atoms with E-state index in [4.69, 9.17) is 18.9 Å². The lowest BCUT2D eigenvalue weighted by Gasteiger charge is -2.19. The fourth-order valence-corrected chi connectivity index (χ4v) is 6.83. The summed E-state index contributed by atoms with van der Waals surface area (Å²) in [7, 11) is 6.50. The van der Waals surface area contributed by atoms with Gasteiger partial charge in [-0.2, -0.15) is 0 Å². The van der Waals surface area contributed by atoms with Gasteiger partial charge < -0.3 is 39.5 Å². The van der Waals surface area contributed by atoms with Crippen molar-refractivity contribution in [2.75, 3.05) is 39.1 Å². The molecule has 2 atom stereocenters. The van der Waals surface area contributed by atoms with Crippen molar-refractivity contribution in [2.24, 2.45) is 0 Å². The topological polar surface area (TPSA) is 127 Å². The number of carbonyl (C=O) groups is 2. The average Bonchev–Trinajstić information content (AvgIpc) is 3.92. The number of ketones is 2. The number of fused-ring (bicyclic) bond motifs is 2. The Bertz CT molecular complexity index is 2450. The number of ether oxygens (including phenoxy) is 4. The maximum Gasteiger partial charge on any atom is 0.191 e. The average molecular weight is 773 g/mol. The highest BCUT2D eigenvalue weighted by molar-refractivity contribution is 6.12. The Kier molecular flexibility index (Phi) is 12.0. The highest BCUT2D eigenvalue weighted by Crippen LogP contribution is 2.32. The van der Waals surface area contributed by atoms with Crippen molar-refractivity contribution >= 4 is 44.7 Å². The van der Waals surface area contributed by atoms with E-state index in [0.717, 1.165) is 67.3 Å². The third-order valence-electron chi connectivity index (χ3n) is 9.86. The molecule has 10 nitrogen and oxygen atoms in total. The van der Waals surface area contributed by atoms with Crippen LogP contribution in [0.1, 0.15) is 43.9 Å². The van der Waals surface area contributed by atoms with Crippen LogP contribution in [0.4, 0.5) is 11.4 Å². The van der Waals surface area contributed by atoms with Crippen molar-refractivity contribution in [1.29, 1.82) is 0 Å². The lowest BCUT2D eigenvalue weighted by Crippen LogP contribution is -2.21. The van der Waals surface area contributed by atoms with E-state index in [9.17, 15) is 9.59 Å². The molecule has 2 unspecified atom stereocenters. The first kappa shape index (κ1) is 38.8. The van der Waals surface area contributed by atoms with Gasteiger partial charge in [0.1, 0.15) is 35.1 Å². The van der Waals surface area contributed by atoms with Gasteiger partial charge in [0.15, 0.2) is 11.6 Å². The van der Waals surface area contributed by atoms with E-state index in [1.807, 2.05) is 146 Å². The van der Waals surface area contributed by atoms with E-state index in [-0.39, 0.29) is 11.6 Å². The minimum absolute atomic E-state index is 0.0181. The summed E-state index contributed by atoms with van der Waals surface area (Å²) in [6.07, 6.45) is 3.52. The van der Waals surface area contributed by atoms with Crippen LogP contribution in [0.25, 0.3) is 21.8 Å². The van der Waals surface area contributed by atoms with Gasteiger partial charge in [0.05, 0.1) is 28.4 Å². The molecule has 8 aromatic rings. The summed E-state index contributed by atoms with van der Waals surface area (Å²) >= 11 is 0. The number of hydrogen-bond acceptors (Lipinski definition) is 8. The molecule has 2 aromatic heterocycles. The summed E-state index contributed by atoms with van der Waals surface area (Å²) in [5.74, 6) is 2.91. The van der Waals surface area contributed by atoms with E-state index in [0.29, 0.717) is 11.1 Å². The monoisotopic (exact) mass is 772 g/mol. The van der Waals surface area contributed by atoms with Gasteiger partial charge in [-0.1, -0.05) is 72.8 Å². The number of aromatic nitrogens is 2. The quantitative estimate of drug-likeness (QED) is 0.0805. The Hall–Kier alpha value is -7.46. The molecule has 0 aliphatic heterocycles. The van der Waals surface area contributed by atoms with Gasteiger partial charge >= 0.3 is 0 Å². The Labute approximate surface area is 336 Å². The molecule has 0 aliphatic rings. The predicted octanol–water partition coefficient (Wildman–Crippen LogP) is 10.4. The van der Waals surface area contributed by atoms with Gasteiger partial charge in [0.25, 0.3) is 0 Å². The van der Waals surface area contributed by atoms with Crippen LogP contribution in [0.5, 0.6) is 23.0 Å². The second-order valence-corrected chi connectivity index (χ2v) is 13.4. The van der Waals surface area contributed by atoms with E-state index in [1.165, 1.54) is 0 Å². The van der Waals surface area contributed by atoms with Crippen LogP contribution >= 0.6 is 0 Å². The van der Waals surface area contributed by atoms with Crippen LogP contribution in [0.3, 0.4) is 0 Å². The second kappa shape index (κ2) is 18.0. The van der Waals surface area contributed by atoms with E-state index >= 15 is 0 Å². The first-order chi connectivity index (χ1) is 28.4. The Morgan fingerprint density at radius 3 is 1.21 bits per heavy atom. The number of methoxy groups -OCH3 is 4. The largest absolute Gasteiger partial charge is 0.497 e. The molecular weight excluding hydrogens is 729 g/mol. The van der Waals surface area contributed by atoms with Crippen LogP contribution in [0.15, 0.2) is 158 Å². The van der Waals surface area contributed by atoms with Gasteiger partial charge in [-0.3, -0.25) is 9.59 Å². The lowest BCUT2D eigenvalue weighted by molar-refractivity contribution is 0.0963. The highest BCUT2D eigenvalue weighted by Gasteiger charge is 2.26. The minimum Gasteiger partial charge on any atom is -0.497 e. The molecule has 0 amide bonds. The first-order valence-corrected chi connectivity index (χ1v) is 18.7. The molecule has 292 valence electrons. The molecule has 0 saturated heterocycles. The molecule has 0 fully saturated rings. The van der Waals surface area contributed by atoms with Gasteiger partial charge in [-0.05, 0) is 59.7 Å². The minimum atomic E-state index is -0.538. The molecular formula is C48H44N4O6. The first-order valence-electron chi connectivity index (χ1n) is 18.7. The van der Waals surface area contributed by atoms with Gasteiger partial charge in [-0.25, -0.2) is 0 Å². The summed E-state index contributed by atoms with van der Waals surface area (Å²) in [4.78, 5) is 33.5. The number of rotatable bonds is 14. The lowest BCUT2D eigenvalue weighted by atomic mass is 9.96. The van der Waals surface area contributed by atoms with Crippen LogP contribution in [0.2, 0.25) is 0 Å². The zero-order chi connectivity index (χ0) is 40.4. The van der Waals surface area contributed by atoms with Crippen LogP contribution in [0, 0.1) is 0 Å². The fourth-order valence-electron chi connectivity index (χ4n) is 6.83. The number of carbonyl (C=O) groups excluding carboxylic acids is 2. The maximum atomic E-state index is 13.6. The van der Waals surface area contributed by atoms with Crippen molar-refractivity contribution < 1.29 is 28.5 Å². The van der Waals surface area contributed by atoms with E-state index < -0.39 is 12.1 Å². The van der Waals surface area contributed by atoms with E-state index in [1.54, 1.807) is 40.8 Å². The maximum absolute atomic E-state index is 13.6. The molecule has 0 spiro atoms. The number of H-pyrrole nitrogens is 2. The summed E-state index contributed by atoms with van der Waals surface area (Å²) in [5.41, 5.74) is 6.40. The zero-order valence-electron chi connectivity index (χ0n) is 32.6. The van der Waals surface area contributed by atoms with Crippen LogP contribution in [-0.4, -0.2) is 50.0 Å². The number of aromatic amines is 2. The predicted molar refractivity (Wildman–Crippen MR) is 230 cm³/mol. The van der Waals surface area contributed by atoms with Gasteiger partial charge in [-0.15, -0.1) is 0 Å². The third kappa shape index (κ3) is 8.66. The van der Waals surface area contributed by atoms with Crippen molar-refractivity contribution in [3.8, 4) is 23.0 Å². The number of hydrogen-bond donors (Lipinski definition) is 4. The molecule has 0 aliphatic carbocycles. The van der Waals surface area contributed by atoms with Gasteiger partial charge in [0.2, 0.25) is 0 Å². The van der Waals surface area contributed by atoms with Crippen molar-refractivity contribution in [3.05, 3.63) is 180 Å². The molecule has 4 N–H and O–H groups in total. The van der Waals surface area contributed by atoms with Crippen LogP contribution in [-0.2, 0) is 0 Å². The molecule has 2 heterocycles. The highest BCUT2D eigenvalue weighted by atomic mass is 16.5. The number of nitrogens with one attached hydrogen (secondary N) is 4. The van der Waals surface area contributed by atoms with Crippen molar-refractivity contribution in [3.63, 3.8) is 0 Å². The van der Waals surface area contributed by atoms with Crippen LogP contribution < -0.4 is 29.6 Å². The third-order valence-corrected chi connectivity index (χ3v) is 9.86.